The zero-order chi connectivity index (χ0) is 28.8. The molecule has 4 aromatic rings. The molecule has 1 amide bonds. The average Bonchev–Trinajstić information content (AvgIpc) is 3.44. The number of likely N-dealkylation sites (N-methyl/N-ethyl adjacent to an activating group) is 1. The smallest absolute Gasteiger partial charge is 0.338 e. The Hall–Kier alpha value is -4.28. The number of carbonyl (C=O) groups is 2. The third-order valence-electron chi connectivity index (χ3n) is 7.12. The maximum atomic E-state index is 14.3. The van der Waals surface area contributed by atoms with Crippen LogP contribution in [-0.2, 0) is 14.3 Å². The molecule has 10 heteroatoms. The van der Waals surface area contributed by atoms with Gasteiger partial charge in [0.25, 0.3) is 11.5 Å². The minimum Gasteiger partial charge on any atom is -0.497 e. The molecule has 1 aromatic heterocycles. The van der Waals surface area contributed by atoms with Crippen LogP contribution < -0.4 is 24.5 Å². The van der Waals surface area contributed by atoms with Crippen molar-refractivity contribution in [2.75, 3.05) is 25.7 Å². The van der Waals surface area contributed by atoms with Crippen LogP contribution in [0.15, 0.2) is 92.6 Å². The first kappa shape index (κ1) is 26.9. The molecule has 0 bridgehead atoms. The number of fused-ring (bicyclic) bond motifs is 2. The number of hydrogen-bond donors (Lipinski definition) is 0. The Kier molecular flexibility index (Phi) is 6.96. The van der Waals surface area contributed by atoms with Crippen LogP contribution in [0.5, 0.6) is 5.75 Å². The molecule has 3 aromatic carbocycles. The molecular weight excluding hydrogens is 606 g/mol. The summed E-state index contributed by atoms with van der Waals surface area (Å²) < 4.78 is 13.4. The minimum atomic E-state index is -0.850. The summed E-state index contributed by atoms with van der Waals surface area (Å²) in [5, 5.41) is 0. The second kappa shape index (κ2) is 10.6. The molecule has 206 valence electrons. The number of amides is 1. The average molecular weight is 631 g/mol. The van der Waals surface area contributed by atoms with E-state index in [4.69, 9.17) is 14.5 Å². The van der Waals surface area contributed by atoms with Crippen molar-refractivity contribution in [3.63, 3.8) is 0 Å². The van der Waals surface area contributed by atoms with Crippen molar-refractivity contribution in [1.82, 2.24) is 4.57 Å². The maximum Gasteiger partial charge on any atom is 0.338 e. The Balaban J connectivity index is 1.72. The predicted octanol–water partition coefficient (Wildman–Crippen LogP) is 4.05. The normalized spacial score (nSPS) is 17.2. The standard InChI is InChI=1S/C31H24BrN3O5S/c1-4-40-30(38)24-25(17-8-6-5-7-9-17)33-31-35(26(24)18-10-13-20(39-3)14-11-18)29(37)27(41-31)23-21-16-19(32)12-15-22(21)34(2)28(23)36/h5-16,26H,4H2,1-3H3/b27-23-/t26-/m0/s1. The van der Waals surface area contributed by atoms with E-state index < -0.39 is 17.6 Å². The van der Waals surface area contributed by atoms with Crippen LogP contribution in [0.4, 0.5) is 5.69 Å². The maximum absolute atomic E-state index is 14.3. The van der Waals surface area contributed by atoms with Gasteiger partial charge in [0.2, 0.25) is 0 Å². The monoisotopic (exact) mass is 629 g/mol. The molecule has 41 heavy (non-hydrogen) atoms. The number of anilines is 1. The highest BCUT2D eigenvalue weighted by atomic mass is 79.9. The summed E-state index contributed by atoms with van der Waals surface area (Å²) >= 11 is 4.63. The molecule has 0 spiro atoms. The van der Waals surface area contributed by atoms with Crippen LogP contribution in [0.25, 0.3) is 11.3 Å². The molecule has 0 aliphatic carbocycles. The number of halogens is 1. The third-order valence-corrected chi connectivity index (χ3v) is 8.66. The van der Waals surface area contributed by atoms with E-state index in [1.54, 1.807) is 33.2 Å². The van der Waals surface area contributed by atoms with Crippen molar-refractivity contribution < 1.29 is 19.1 Å². The number of methoxy groups -OCH3 is 1. The van der Waals surface area contributed by atoms with Crippen LogP contribution in [0.2, 0.25) is 0 Å². The predicted molar refractivity (Wildman–Crippen MR) is 161 cm³/mol. The SMILES string of the molecule is CCOC(=O)C1=C(c2ccccc2)N=c2s/c(=C3\C(=O)N(C)c4ccc(Br)cc43)c(=O)n2[C@H]1c1ccc(OC)cc1. The first-order valence-electron chi connectivity index (χ1n) is 12.9. The van der Waals surface area contributed by atoms with Crippen molar-refractivity contribution in [3.05, 3.63) is 119 Å². The summed E-state index contributed by atoms with van der Waals surface area (Å²) in [7, 11) is 3.26. The number of carbonyl (C=O) groups excluding carboxylic acids is 2. The molecular formula is C31H24BrN3O5S. The van der Waals surface area contributed by atoms with Crippen LogP contribution >= 0.6 is 27.3 Å². The van der Waals surface area contributed by atoms with Crippen LogP contribution in [-0.4, -0.2) is 37.2 Å². The highest BCUT2D eigenvalue weighted by Gasteiger charge is 2.37. The van der Waals surface area contributed by atoms with Crippen molar-refractivity contribution in [2.45, 2.75) is 13.0 Å². The summed E-state index contributed by atoms with van der Waals surface area (Å²) in [5.41, 5.74) is 3.31. The Bertz CT molecular complexity index is 1930. The van der Waals surface area contributed by atoms with Gasteiger partial charge in [0.1, 0.15) is 10.3 Å². The van der Waals surface area contributed by atoms with Gasteiger partial charge in [-0.2, -0.15) is 0 Å². The number of esters is 1. The lowest BCUT2D eigenvalue weighted by Crippen LogP contribution is -2.40. The summed E-state index contributed by atoms with van der Waals surface area (Å²) in [4.78, 5) is 48.2. The second-order valence-corrected chi connectivity index (χ2v) is 11.3. The van der Waals surface area contributed by atoms with Gasteiger partial charge < -0.3 is 14.4 Å². The van der Waals surface area contributed by atoms with Crippen LogP contribution in [0, 0.1) is 0 Å². The van der Waals surface area contributed by atoms with E-state index in [1.165, 1.54) is 9.47 Å². The topological polar surface area (TPSA) is 90.2 Å². The van der Waals surface area contributed by atoms with Gasteiger partial charge in [-0.25, -0.2) is 9.79 Å². The van der Waals surface area contributed by atoms with Crippen LogP contribution in [0.3, 0.4) is 0 Å². The number of rotatable bonds is 5. The summed E-state index contributed by atoms with van der Waals surface area (Å²) in [6.45, 7) is 1.89. The zero-order valence-corrected chi connectivity index (χ0v) is 24.8. The van der Waals surface area contributed by atoms with E-state index in [0.717, 1.165) is 15.8 Å². The molecule has 6 rings (SSSR count). The lowest BCUT2D eigenvalue weighted by Gasteiger charge is -2.26. The molecule has 0 N–H and O–H groups in total. The molecule has 2 aliphatic heterocycles. The van der Waals surface area contributed by atoms with E-state index in [0.29, 0.717) is 44.2 Å². The molecule has 0 saturated carbocycles. The van der Waals surface area contributed by atoms with Gasteiger partial charge >= 0.3 is 5.97 Å². The lowest BCUT2D eigenvalue weighted by molar-refractivity contribution is -0.138. The molecule has 0 unspecified atom stereocenters. The van der Waals surface area contributed by atoms with Gasteiger partial charge in [-0.15, -0.1) is 0 Å². The van der Waals surface area contributed by atoms with Crippen molar-refractivity contribution in [1.29, 1.82) is 0 Å². The van der Waals surface area contributed by atoms with Crippen LogP contribution in [0.1, 0.15) is 29.7 Å². The van der Waals surface area contributed by atoms with E-state index in [-0.39, 0.29) is 22.6 Å². The fourth-order valence-corrected chi connectivity index (χ4v) is 6.66. The Labute approximate surface area is 247 Å². The van der Waals surface area contributed by atoms with Crippen molar-refractivity contribution in [2.24, 2.45) is 4.99 Å². The molecule has 0 saturated heterocycles. The fourth-order valence-electron chi connectivity index (χ4n) is 5.21. The van der Waals surface area contributed by atoms with E-state index in [1.807, 2.05) is 60.7 Å². The Morgan fingerprint density at radius 1 is 1.05 bits per heavy atom. The highest BCUT2D eigenvalue weighted by Crippen LogP contribution is 2.38. The Morgan fingerprint density at radius 2 is 1.78 bits per heavy atom. The number of nitrogens with zero attached hydrogens (tertiary/aromatic N) is 3. The number of hydrogen-bond acceptors (Lipinski definition) is 7. The molecule has 0 fully saturated rings. The van der Waals surface area contributed by atoms with Crippen molar-refractivity contribution >= 4 is 56.1 Å². The number of aromatic nitrogens is 1. The first-order chi connectivity index (χ1) is 19.8. The van der Waals surface area contributed by atoms with E-state index in [2.05, 4.69) is 15.9 Å². The summed E-state index contributed by atoms with van der Waals surface area (Å²) in [6, 6.07) is 21.2. The van der Waals surface area contributed by atoms with Gasteiger partial charge in [0.15, 0.2) is 4.80 Å². The molecule has 2 aliphatic rings. The quantitative estimate of drug-likeness (QED) is 0.311. The van der Waals surface area contributed by atoms with Gasteiger partial charge in [-0.1, -0.05) is 69.7 Å². The van der Waals surface area contributed by atoms with Gasteiger partial charge in [-0.3, -0.25) is 14.2 Å². The number of benzene rings is 3. The first-order valence-corrected chi connectivity index (χ1v) is 14.5. The number of thiazole rings is 1. The zero-order valence-electron chi connectivity index (χ0n) is 22.4. The Morgan fingerprint density at radius 3 is 2.46 bits per heavy atom. The minimum absolute atomic E-state index is 0.154. The summed E-state index contributed by atoms with van der Waals surface area (Å²) in [6.07, 6.45) is 0. The molecule has 1 atom stereocenters. The third kappa shape index (κ3) is 4.43. The summed E-state index contributed by atoms with van der Waals surface area (Å²) in [5.74, 6) is -0.216. The lowest BCUT2D eigenvalue weighted by atomic mass is 9.93. The van der Waals surface area contributed by atoms with Gasteiger partial charge in [0.05, 0.1) is 42.3 Å². The second-order valence-electron chi connectivity index (χ2n) is 9.43. The van der Waals surface area contributed by atoms with E-state index in [9.17, 15) is 14.4 Å². The molecule has 0 radical (unpaired) electrons. The largest absolute Gasteiger partial charge is 0.497 e. The van der Waals surface area contributed by atoms with Gasteiger partial charge in [-0.05, 0) is 42.8 Å². The molecule has 3 heterocycles. The number of ether oxygens (including phenoxy) is 2. The van der Waals surface area contributed by atoms with Gasteiger partial charge in [0, 0.05) is 22.6 Å². The van der Waals surface area contributed by atoms with Crippen molar-refractivity contribution in [3.8, 4) is 5.75 Å². The fraction of sp³-hybridized carbons (Fsp3) is 0.161. The molecule has 8 nitrogen and oxygen atoms in total. The van der Waals surface area contributed by atoms with E-state index >= 15 is 0 Å². The highest BCUT2D eigenvalue weighted by molar-refractivity contribution is 9.10.